The molecular formula is C11H13ClN2O4S. The first-order valence-corrected chi connectivity index (χ1v) is 7.37. The van der Waals surface area contributed by atoms with Crippen molar-refractivity contribution in [3.8, 4) is 0 Å². The zero-order valence-electron chi connectivity index (χ0n) is 10.4. The maximum absolute atomic E-state index is 11.8. The number of carbonyl (C=O) groups is 1. The number of nitro groups is 1. The van der Waals surface area contributed by atoms with Gasteiger partial charge in [0.2, 0.25) is 0 Å². The fourth-order valence-corrected chi connectivity index (χ4v) is 1.82. The van der Waals surface area contributed by atoms with Crippen molar-refractivity contribution in [3.63, 3.8) is 0 Å². The molecule has 6 nitrogen and oxygen atoms in total. The van der Waals surface area contributed by atoms with Gasteiger partial charge in [-0.15, -0.1) is 0 Å². The highest BCUT2D eigenvalue weighted by molar-refractivity contribution is 7.84. The zero-order valence-corrected chi connectivity index (χ0v) is 12.0. The van der Waals surface area contributed by atoms with E-state index in [1.54, 1.807) is 13.2 Å². The molecule has 1 N–H and O–H groups in total. The van der Waals surface area contributed by atoms with Crippen molar-refractivity contribution in [2.75, 3.05) is 12.8 Å². The van der Waals surface area contributed by atoms with Crippen molar-refractivity contribution in [1.29, 1.82) is 0 Å². The Morgan fingerprint density at radius 1 is 1.58 bits per heavy atom. The summed E-state index contributed by atoms with van der Waals surface area (Å²) in [4.78, 5) is 21.7. The van der Waals surface area contributed by atoms with E-state index in [-0.39, 0.29) is 28.1 Å². The van der Waals surface area contributed by atoms with Gasteiger partial charge >= 0.3 is 0 Å². The third kappa shape index (κ3) is 4.29. The summed E-state index contributed by atoms with van der Waals surface area (Å²) in [5, 5.41) is 12.9. The Morgan fingerprint density at radius 3 is 2.68 bits per heavy atom. The van der Waals surface area contributed by atoms with Gasteiger partial charge in [-0.05, 0) is 19.1 Å². The molecule has 1 rings (SSSR count). The highest BCUT2D eigenvalue weighted by atomic mass is 35.5. The topological polar surface area (TPSA) is 89.3 Å². The number of carbonyl (C=O) groups excluding carboxylic acids is 1. The van der Waals surface area contributed by atoms with Crippen LogP contribution in [0.5, 0.6) is 0 Å². The summed E-state index contributed by atoms with van der Waals surface area (Å²) in [7, 11) is -1.03. The van der Waals surface area contributed by atoms with Crippen LogP contribution in [0.15, 0.2) is 18.2 Å². The maximum atomic E-state index is 11.8. The van der Waals surface area contributed by atoms with Gasteiger partial charge in [0.1, 0.15) is 5.02 Å². The Kier molecular flexibility index (Phi) is 5.44. The Morgan fingerprint density at radius 2 is 2.21 bits per heavy atom. The monoisotopic (exact) mass is 304 g/mol. The second kappa shape index (κ2) is 6.63. The molecular weight excluding hydrogens is 292 g/mol. The maximum Gasteiger partial charge on any atom is 0.287 e. The van der Waals surface area contributed by atoms with E-state index in [1.807, 2.05) is 0 Å². The molecule has 2 atom stereocenters. The molecule has 8 heteroatoms. The molecule has 0 spiro atoms. The molecule has 0 radical (unpaired) electrons. The summed E-state index contributed by atoms with van der Waals surface area (Å²) in [6.45, 7) is 2.01. The fourth-order valence-electron chi connectivity index (χ4n) is 1.25. The van der Waals surface area contributed by atoms with Crippen LogP contribution >= 0.6 is 11.6 Å². The Balaban J connectivity index is 2.76. The van der Waals surface area contributed by atoms with Crippen LogP contribution in [0.3, 0.4) is 0 Å². The molecule has 0 saturated heterocycles. The number of hydrogen-bond donors (Lipinski definition) is 1. The van der Waals surface area contributed by atoms with E-state index in [0.717, 1.165) is 0 Å². The predicted molar refractivity (Wildman–Crippen MR) is 74.0 cm³/mol. The van der Waals surface area contributed by atoms with Crippen LogP contribution < -0.4 is 5.32 Å². The molecule has 0 fully saturated rings. The van der Waals surface area contributed by atoms with Gasteiger partial charge < -0.3 is 5.32 Å². The number of nitrogens with zero attached hydrogens (tertiary/aromatic N) is 1. The third-order valence-electron chi connectivity index (χ3n) is 2.52. The molecule has 0 bridgehead atoms. The largest absolute Gasteiger partial charge is 0.351 e. The zero-order chi connectivity index (χ0) is 14.6. The van der Waals surface area contributed by atoms with Crippen LogP contribution in [-0.2, 0) is 10.8 Å². The normalized spacial score (nSPS) is 13.6. The van der Waals surface area contributed by atoms with Crippen molar-refractivity contribution >= 4 is 34.0 Å². The van der Waals surface area contributed by atoms with Crippen LogP contribution in [-0.4, -0.2) is 33.1 Å². The van der Waals surface area contributed by atoms with Crippen molar-refractivity contribution < 1.29 is 13.9 Å². The van der Waals surface area contributed by atoms with Crippen LogP contribution in [0.2, 0.25) is 5.02 Å². The van der Waals surface area contributed by atoms with Gasteiger partial charge in [0.05, 0.1) is 4.92 Å². The lowest BCUT2D eigenvalue weighted by Crippen LogP contribution is -2.32. The van der Waals surface area contributed by atoms with E-state index in [1.165, 1.54) is 18.2 Å². The Labute approximate surface area is 117 Å². The van der Waals surface area contributed by atoms with Gasteiger partial charge in [-0.2, -0.15) is 0 Å². The minimum Gasteiger partial charge on any atom is -0.351 e. The second-order valence-electron chi connectivity index (χ2n) is 3.94. The smallest absolute Gasteiger partial charge is 0.287 e. The standard InChI is InChI=1S/C11H13ClN2O4S/c1-7(19(2)18)6-13-11(15)8-3-4-10(14(16)17)9(12)5-8/h3-5,7H,6H2,1-2H3,(H,13,15)/t7-,19+/m1/s1. The van der Waals surface area contributed by atoms with E-state index in [2.05, 4.69) is 5.32 Å². The Hall–Kier alpha value is -1.47. The molecule has 1 aromatic rings. The highest BCUT2D eigenvalue weighted by Crippen LogP contribution is 2.24. The number of benzene rings is 1. The number of halogens is 1. The lowest BCUT2D eigenvalue weighted by molar-refractivity contribution is -0.384. The molecule has 0 aliphatic heterocycles. The van der Waals surface area contributed by atoms with Gasteiger partial charge in [-0.3, -0.25) is 19.1 Å². The average molecular weight is 305 g/mol. The van der Waals surface area contributed by atoms with Crippen LogP contribution in [0.1, 0.15) is 17.3 Å². The summed E-state index contributed by atoms with van der Waals surface area (Å²) in [6, 6.07) is 3.74. The number of nitrogens with one attached hydrogen (secondary N) is 1. The quantitative estimate of drug-likeness (QED) is 0.663. The molecule has 1 amide bonds. The van der Waals surface area contributed by atoms with Crippen molar-refractivity contribution in [2.45, 2.75) is 12.2 Å². The SMILES string of the molecule is C[C@H](CNC(=O)c1ccc([N+](=O)[O-])c(Cl)c1)[S@](C)=O. The minimum atomic E-state index is -1.03. The number of nitro benzene ring substituents is 1. The van der Waals surface area contributed by atoms with E-state index in [9.17, 15) is 19.1 Å². The van der Waals surface area contributed by atoms with Crippen LogP contribution in [0.4, 0.5) is 5.69 Å². The van der Waals surface area contributed by atoms with Crippen molar-refractivity contribution in [3.05, 3.63) is 38.9 Å². The predicted octanol–water partition coefficient (Wildman–Crippen LogP) is 1.75. The molecule has 0 heterocycles. The van der Waals surface area contributed by atoms with Crippen molar-refractivity contribution in [1.82, 2.24) is 5.32 Å². The summed E-state index contributed by atoms with van der Waals surface area (Å²) in [6.07, 6.45) is 1.56. The summed E-state index contributed by atoms with van der Waals surface area (Å²) < 4.78 is 11.1. The summed E-state index contributed by atoms with van der Waals surface area (Å²) in [5.41, 5.74) is -0.0223. The van der Waals surface area contributed by atoms with E-state index in [0.29, 0.717) is 0 Å². The Bertz CT molecular complexity index is 535. The first-order valence-electron chi connectivity index (χ1n) is 5.37. The second-order valence-corrected chi connectivity index (χ2v) is 6.15. The number of amides is 1. The van der Waals surface area contributed by atoms with Gasteiger partial charge in [0.15, 0.2) is 0 Å². The fraction of sp³-hybridized carbons (Fsp3) is 0.364. The molecule has 19 heavy (non-hydrogen) atoms. The van der Waals surface area contributed by atoms with Crippen LogP contribution in [0, 0.1) is 10.1 Å². The lowest BCUT2D eigenvalue weighted by Gasteiger charge is -2.10. The molecule has 0 saturated carbocycles. The molecule has 1 aromatic carbocycles. The first kappa shape index (κ1) is 15.6. The summed E-state index contributed by atoms with van der Waals surface area (Å²) in [5.74, 6) is -0.408. The third-order valence-corrected chi connectivity index (χ3v) is 4.13. The molecule has 0 unspecified atom stereocenters. The number of rotatable bonds is 5. The van der Waals surface area contributed by atoms with E-state index < -0.39 is 21.6 Å². The summed E-state index contributed by atoms with van der Waals surface area (Å²) >= 11 is 5.71. The van der Waals surface area contributed by atoms with Gasteiger partial charge in [-0.1, -0.05) is 11.6 Å². The van der Waals surface area contributed by atoms with Crippen LogP contribution in [0.25, 0.3) is 0 Å². The lowest BCUT2D eigenvalue weighted by atomic mass is 10.2. The highest BCUT2D eigenvalue weighted by Gasteiger charge is 2.16. The van der Waals surface area contributed by atoms with Gasteiger partial charge in [0, 0.05) is 40.5 Å². The minimum absolute atomic E-state index is 0.0928. The van der Waals surface area contributed by atoms with Crippen molar-refractivity contribution in [2.24, 2.45) is 0 Å². The molecule has 0 aliphatic rings. The first-order chi connectivity index (χ1) is 8.82. The van der Waals surface area contributed by atoms with Gasteiger partial charge in [0.25, 0.3) is 11.6 Å². The van der Waals surface area contributed by atoms with E-state index in [4.69, 9.17) is 11.6 Å². The molecule has 104 valence electrons. The van der Waals surface area contributed by atoms with E-state index >= 15 is 0 Å². The molecule has 0 aliphatic carbocycles. The number of hydrogen-bond acceptors (Lipinski definition) is 4. The van der Waals surface area contributed by atoms with Gasteiger partial charge in [-0.25, -0.2) is 0 Å². The molecule has 0 aromatic heterocycles. The average Bonchev–Trinajstić information content (AvgIpc) is 2.34.